The van der Waals surface area contributed by atoms with Crippen molar-refractivity contribution in [1.82, 2.24) is 15.0 Å². The van der Waals surface area contributed by atoms with Crippen molar-refractivity contribution in [1.29, 1.82) is 0 Å². The highest BCUT2D eigenvalue weighted by molar-refractivity contribution is 9.13. The van der Waals surface area contributed by atoms with Gasteiger partial charge in [0.15, 0.2) is 9.21 Å². The molecule has 0 unspecified atom stereocenters. The molecule has 0 radical (unpaired) electrons. The largest absolute Gasteiger partial charge is 0.573 e. The fraction of sp³-hybridized carbons (Fsp3) is 0.200. The van der Waals surface area contributed by atoms with E-state index in [9.17, 15) is 13.2 Å². The Morgan fingerprint density at radius 2 is 1.68 bits per heavy atom. The third-order valence-electron chi connectivity index (χ3n) is 2.09. The van der Waals surface area contributed by atoms with E-state index in [1.807, 2.05) is 0 Å². The molecule has 102 valence electrons. The minimum Gasteiger partial charge on any atom is -0.405 e. The van der Waals surface area contributed by atoms with Crippen LogP contribution in [0.5, 0.6) is 5.75 Å². The van der Waals surface area contributed by atoms with Gasteiger partial charge in [0.25, 0.3) is 0 Å². The Kier molecular flexibility index (Phi) is 4.14. The number of aromatic nitrogens is 3. The quantitative estimate of drug-likeness (QED) is 0.787. The Balaban J connectivity index is 2.25. The zero-order valence-electron chi connectivity index (χ0n) is 9.16. The van der Waals surface area contributed by atoms with E-state index in [2.05, 4.69) is 46.8 Å². The van der Waals surface area contributed by atoms with Gasteiger partial charge in [-0.2, -0.15) is 4.80 Å². The number of nitrogens with zero attached hydrogens (tertiary/aromatic N) is 3. The molecule has 0 saturated carbocycles. The minimum atomic E-state index is -4.73. The van der Waals surface area contributed by atoms with Crippen molar-refractivity contribution < 1.29 is 17.9 Å². The molecule has 0 fully saturated rings. The fourth-order valence-electron chi connectivity index (χ4n) is 1.39. The molecule has 9 heteroatoms. The zero-order valence-corrected chi connectivity index (χ0v) is 12.3. The van der Waals surface area contributed by atoms with Gasteiger partial charge in [-0.25, -0.2) is 0 Å². The van der Waals surface area contributed by atoms with Crippen LogP contribution >= 0.6 is 31.9 Å². The van der Waals surface area contributed by atoms with Gasteiger partial charge < -0.3 is 4.74 Å². The predicted octanol–water partition coefficient (Wildman–Crippen LogP) is 3.75. The molecule has 1 aromatic heterocycles. The van der Waals surface area contributed by atoms with E-state index < -0.39 is 6.36 Å². The maximum atomic E-state index is 12.3. The molecule has 0 aliphatic carbocycles. The van der Waals surface area contributed by atoms with E-state index in [0.29, 0.717) is 14.8 Å². The molecule has 0 amide bonds. The van der Waals surface area contributed by atoms with Crippen LogP contribution in [-0.2, 0) is 6.54 Å². The second kappa shape index (κ2) is 5.49. The smallest absolute Gasteiger partial charge is 0.405 e. The topological polar surface area (TPSA) is 39.9 Å². The molecule has 19 heavy (non-hydrogen) atoms. The van der Waals surface area contributed by atoms with Crippen molar-refractivity contribution in [3.8, 4) is 5.75 Å². The molecular weight excluding hydrogens is 395 g/mol. The Morgan fingerprint density at radius 3 is 2.26 bits per heavy atom. The molecule has 0 atom stereocenters. The number of hydrogen-bond donors (Lipinski definition) is 0. The minimum absolute atomic E-state index is 0.0659. The van der Waals surface area contributed by atoms with Crippen molar-refractivity contribution in [2.24, 2.45) is 0 Å². The van der Waals surface area contributed by atoms with E-state index >= 15 is 0 Å². The number of para-hydroxylation sites is 1. The lowest BCUT2D eigenvalue weighted by Crippen LogP contribution is -2.18. The van der Waals surface area contributed by atoms with Gasteiger partial charge in [0.2, 0.25) is 0 Å². The first-order valence-corrected chi connectivity index (χ1v) is 6.53. The third kappa shape index (κ3) is 3.93. The molecule has 0 saturated heterocycles. The number of ether oxygens (including phenoxy) is 1. The molecule has 0 N–H and O–H groups in total. The van der Waals surface area contributed by atoms with E-state index in [1.54, 1.807) is 6.07 Å². The Labute approximate surface area is 122 Å². The molecular formula is C10H6Br2F3N3O. The summed E-state index contributed by atoms with van der Waals surface area (Å²) in [6.45, 7) is 0.0659. The fourth-order valence-corrected chi connectivity index (χ4v) is 1.91. The average Bonchev–Trinajstić information content (AvgIpc) is 2.59. The first kappa shape index (κ1) is 14.3. The molecule has 2 rings (SSSR count). The van der Waals surface area contributed by atoms with Crippen molar-refractivity contribution in [2.45, 2.75) is 12.9 Å². The lowest BCUT2D eigenvalue weighted by atomic mass is 10.2. The molecule has 0 spiro atoms. The standard InChI is InChI=1S/C10H6Br2F3N3O/c11-8-9(12)17-18(16-8)5-6-3-1-2-4-7(6)19-10(13,14)15/h1-4H,5H2. The number of alkyl halides is 3. The highest BCUT2D eigenvalue weighted by Crippen LogP contribution is 2.27. The summed E-state index contributed by atoms with van der Waals surface area (Å²) in [6, 6.07) is 5.85. The van der Waals surface area contributed by atoms with E-state index in [-0.39, 0.29) is 12.3 Å². The molecule has 1 heterocycles. The van der Waals surface area contributed by atoms with Crippen LogP contribution in [0.1, 0.15) is 5.56 Å². The first-order valence-electron chi connectivity index (χ1n) is 4.95. The molecule has 0 bridgehead atoms. The maximum absolute atomic E-state index is 12.3. The summed E-state index contributed by atoms with van der Waals surface area (Å²) in [6.07, 6.45) is -4.73. The summed E-state index contributed by atoms with van der Waals surface area (Å²) in [7, 11) is 0. The van der Waals surface area contributed by atoms with Gasteiger partial charge in [-0.3, -0.25) is 0 Å². The number of hydrogen-bond acceptors (Lipinski definition) is 3. The third-order valence-corrected chi connectivity index (χ3v) is 3.69. The van der Waals surface area contributed by atoms with Gasteiger partial charge in [-0.1, -0.05) is 18.2 Å². The zero-order chi connectivity index (χ0) is 14.0. The Morgan fingerprint density at radius 1 is 1.11 bits per heavy atom. The van der Waals surface area contributed by atoms with Crippen LogP contribution in [0.3, 0.4) is 0 Å². The summed E-state index contributed by atoms with van der Waals surface area (Å²) in [5, 5.41) is 7.96. The van der Waals surface area contributed by atoms with Crippen LogP contribution in [0.4, 0.5) is 13.2 Å². The van der Waals surface area contributed by atoms with Gasteiger partial charge in [0, 0.05) is 5.56 Å². The lowest BCUT2D eigenvalue weighted by molar-refractivity contribution is -0.274. The van der Waals surface area contributed by atoms with Crippen LogP contribution < -0.4 is 4.74 Å². The molecule has 1 aromatic carbocycles. The molecule has 0 aliphatic rings. The normalized spacial score (nSPS) is 11.6. The van der Waals surface area contributed by atoms with Crippen molar-refractivity contribution >= 4 is 31.9 Å². The van der Waals surface area contributed by atoms with Gasteiger partial charge in [-0.05, 0) is 37.9 Å². The van der Waals surface area contributed by atoms with E-state index in [1.165, 1.54) is 23.0 Å². The summed E-state index contributed by atoms with van der Waals surface area (Å²) < 4.78 is 41.7. The van der Waals surface area contributed by atoms with Crippen molar-refractivity contribution in [2.75, 3.05) is 0 Å². The van der Waals surface area contributed by atoms with E-state index in [0.717, 1.165) is 0 Å². The molecule has 2 aromatic rings. The average molecular weight is 401 g/mol. The maximum Gasteiger partial charge on any atom is 0.573 e. The number of benzene rings is 1. The summed E-state index contributed by atoms with van der Waals surface area (Å²) >= 11 is 6.29. The predicted molar refractivity (Wildman–Crippen MR) is 67.6 cm³/mol. The summed E-state index contributed by atoms with van der Waals surface area (Å²) in [4.78, 5) is 1.26. The second-order valence-corrected chi connectivity index (χ2v) is 4.97. The molecule has 4 nitrogen and oxygen atoms in total. The lowest BCUT2D eigenvalue weighted by Gasteiger charge is -2.12. The van der Waals surface area contributed by atoms with Gasteiger partial charge >= 0.3 is 6.36 Å². The Hall–Kier alpha value is -1.09. The SMILES string of the molecule is FC(F)(F)Oc1ccccc1Cn1nc(Br)c(Br)n1. The van der Waals surface area contributed by atoms with Gasteiger partial charge in [0.1, 0.15) is 5.75 Å². The van der Waals surface area contributed by atoms with Gasteiger partial charge in [0.05, 0.1) is 6.54 Å². The highest BCUT2D eigenvalue weighted by Gasteiger charge is 2.32. The Bertz CT molecular complexity index is 566. The highest BCUT2D eigenvalue weighted by atomic mass is 79.9. The number of rotatable bonds is 3. The first-order chi connectivity index (χ1) is 8.85. The van der Waals surface area contributed by atoms with Crippen LogP contribution in [-0.4, -0.2) is 21.4 Å². The van der Waals surface area contributed by atoms with Crippen LogP contribution in [0, 0.1) is 0 Å². The van der Waals surface area contributed by atoms with Crippen molar-refractivity contribution in [3.05, 3.63) is 39.0 Å². The molecule has 0 aliphatic heterocycles. The number of halogens is 5. The summed E-state index contributed by atoms with van der Waals surface area (Å²) in [5.74, 6) is -0.264. The summed E-state index contributed by atoms with van der Waals surface area (Å²) in [5.41, 5.74) is 0.329. The second-order valence-electron chi connectivity index (χ2n) is 3.47. The van der Waals surface area contributed by atoms with Crippen molar-refractivity contribution in [3.63, 3.8) is 0 Å². The van der Waals surface area contributed by atoms with E-state index in [4.69, 9.17) is 0 Å². The monoisotopic (exact) mass is 399 g/mol. The van der Waals surface area contributed by atoms with Gasteiger partial charge in [-0.15, -0.1) is 23.4 Å². The van der Waals surface area contributed by atoms with Crippen LogP contribution in [0.25, 0.3) is 0 Å². The van der Waals surface area contributed by atoms with Crippen LogP contribution in [0.2, 0.25) is 0 Å². The van der Waals surface area contributed by atoms with Crippen LogP contribution in [0.15, 0.2) is 33.5 Å².